The zero-order valence-electron chi connectivity index (χ0n) is 20.8. The van der Waals surface area contributed by atoms with E-state index in [2.05, 4.69) is 5.32 Å². The number of carbonyl (C=O) groups is 3. The minimum absolute atomic E-state index is 0.231. The normalized spacial score (nSPS) is 24.2. The molecule has 0 aliphatic carbocycles. The molecular formula is C33H23ClN2O3. The molecule has 190 valence electrons. The summed E-state index contributed by atoms with van der Waals surface area (Å²) in [7, 11) is 0. The number of fused-ring (bicyclic) bond motifs is 6. The predicted molar refractivity (Wildman–Crippen MR) is 152 cm³/mol. The van der Waals surface area contributed by atoms with Gasteiger partial charge in [0.1, 0.15) is 11.5 Å². The molecule has 3 heterocycles. The first kappa shape index (κ1) is 23.6. The van der Waals surface area contributed by atoms with Gasteiger partial charge in [-0.2, -0.15) is 0 Å². The smallest absolute Gasteiger partial charge is 0.238 e. The molecule has 6 heteroatoms. The number of halogens is 1. The third-order valence-electron chi connectivity index (χ3n) is 8.28. The summed E-state index contributed by atoms with van der Waals surface area (Å²) >= 11 is 6.15. The zero-order chi connectivity index (χ0) is 26.7. The van der Waals surface area contributed by atoms with Crippen LogP contribution in [0.2, 0.25) is 5.02 Å². The lowest BCUT2D eigenvalue weighted by molar-refractivity contribution is -0.121. The summed E-state index contributed by atoms with van der Waals surface area (Å²) in [5.41, 5.74) is 2.72. The van der Waals surface area contributed by atoms with E-state index in [-0.39, 0.29) is 17.5 Å². The maximum Gasteiger partial charge on any atom is 0.238 e. The van der Waals surface area contributed by atoms with Crippen LogP contribution in [0, 0.1) is 5.92 Å². The summed E-state index contributed by atoms with van der Waals surface area (Å²) < 4.78 is 0. The molecule has 4 aromatic carbocycles. The average molecular weight is 531 g/mol. The van der Waals surface area contributed by atoms with Gasteiger partial charge in [0.15, 0.2) is 11.6 Å². The van der Waals surface area contributed by atoms with Crippen molar-refractivity contribution >= 4 is 46.5 Å². The SMILES string of the molecule is O=C(c1ccc(Cl)cc1)[C@@H]1[C@@H](C(=O)c2ccccc2)[C@]2(C(=O)Nc3ccccc32)[C@H]2C=Cc3ccccc3N12. The van der Waals surface area contributed by atoms with Crippen LogP contribution in [0.5, 0.6) is 0 Å². The standard InChI is InChI=1S/C33H23ClN2O3/c34-23-17-14-22(15-18-23)31(38)29-28(30(37)21-9-2-1-3-10-21)33(24-11-5-6-12-25(24)35-32(33)39)27-19-16-20-8-4-7-13-26(20)36(27)29/h1-19,27-29H,(H,35,39)/t27-,28+,29+,33-/m1/s1. The van der Waals surface area contributed by atoms with E-state index in [1.54, 1.807) is 48.5 Å². The van der Waals surface area contributed by atoms with Gasteiger partial charge in [-0.05, 0) is 47.5 Å². The number of nitrogens with one attached hydrogen (secondary N) is 1. The minimum atomic E-state index is -1.32. The number of benzene rings is 4. The molecule has 0 saturated carbocycles. The van der Waals surface area contributed by atoms with Crippen molar-refractivity contribution < 1.29 is 14.4 Å². The lowest BCUT2D eigenvalue weighted by Crippen LogP contribution is -2.51. The van der Waals surface area contributed by atoms with Crippen molar-refractivity contribution in [3.63, 3.8) is 0 Å². The fourth-order valence-corrected chi connectivity index (χ4v) is 6.81. The number of hydrogen-bond acceptors (Lipinski definition) is 4. The molecule has 0 bridgehead atoms. The predicted octanol–water partition coefficient (Wildman–Crippen LogP) is 6.20. The first-order valence-corrected chi connectivity index (χ1v) is 13.2. The van der Waals surface area contributed by atoms with Crippen LogP contribution in [0.15, 0.2) is 109 Å². The topological polar surface area (TPSA) is 66.5 Å². The quantitative estimate of drug-likeness (QED) is 0.319. The number of para-hydroxylation sites is 2. The van der Waals surface area contributed by atoms with Crippen LogP contribution < -0.4 is 10.2 Å². The van der Waals surface area contributed by atoms with E-state index < -0.39 is 23.4 Å². The fraction of sp³-hybridized carbons (Fsp3) is 0.121. The molecule has 1 saturated heterocycles. The Labute approximate surface area is 230 Å². The molecule has 1 fully saturated rings. The maximum absolute atomic E-state index is 14.6. The van der Waals surface area contributed by atoms with E-state index in [0.29, 0.717) is 21.8 Å². The van der Waals surface area contributed by atoms with Crippen molar-refractivity contribution in [2.24, 2.45) is 5.92 Å². The average Bonchev–Trinajstić information content (AvgIpc) is 3.45. The molecule has 4 atom stereocenters. The first-order chi connectivity index (χ1) is 19.0. The number of amides is 1. The molecule has 4 aromatic rings. The van der Waals surface area contributed by atoms with Gasteiger partial charge in [-0.15, -0.1) is 0 Å². The number of carbonyl (C=O) groups excluding carboxylic acids is 3. The van der Waals surface area contributed by atoms with Crippen LogP contribution in [0.1, 0.15) is 31.8 Å². The summed E-state index contributed by atoms with van der Waals surface area (Å²) in [5.74, 6) is -1.74. The van der Waals surface area contributed by atoms with Crippen molar-refractivity contribution in [2.75, 3.05) is 10.2 Å². The van der Waals surface area contributed by atoms with Crippen LogP contribution in [-0.4, -0.2) is 29.6 Å². The van der Waals surface area contributed by atoms with Gasteiger partial charge in [-0.1, -0.05) is 90.5 Å². The Bertz CT molecular complexity index is 1680. The van der Waals surface area contributed by atoms with Gasteiger partial charge in [0.2, 0.25) is 5.91 Å². The van der Waals surface area contributed by atoms with Gasteiger partial charge in [0.05, 0.1) is 12.0 Å². The molecule has 39 heavy (non-hydrogen) atoms. The zero-order valence-corrected chi connectivity index (χ0v) is 21.5. The number of anilines is 2. The number of nitrogens with zero attached hydrogens (tertiary/aromatic N) is 1. The number of Topliss-reactive ketones (excluding diaryl/α,β-unsaturated/α-hetero) is 2. The number of ketones is 2. The second-order valence-corrected chi connectivity index (χ2v) is 10.6. The van der Waals surface area contributed by atoms with Crippen LogP contribution in [0.4, 0.5) is 11.4 Å². The van der Waals surface area contributed by atoms with Crippen molar-refractivity contribution in [1.82, 2.24) is 0 Å². The van der Waals surface area contributed by atoms with E-state index in [1.165, 1.54) is 0 Å². The molecule has 0 aromatic heterocycles. The maximum atomic E-state index is 14.6. The highest BCUT2D eigenvalue weighted by Gasteiger charge is 2.70. The third-order valence-corrected chi connectivity index (χ3v) is 8.53. The monoisotopic (exact) mass is 530 g/mol. The molecule has 0 unspecified atom stereocenters. The Kier molecular flexibility index (Phi) is 5.32. The Morgan fingerprint density at radius 2 is 1.44 bits per heavy atom. The fourth-order valence-electron chi connectivity index (χ4n) is 6.69. The highest BCUT2D eigenvalue weighted by atomic mass is 35.5. The van der Waals surface area contributed by atoms with Gasteiger partial charge in [0.25, 0.3) is 0 Å². The van der Waals surface area contributed by atoms with E-state index in [4.69, 9.17) is 11.6 Å². The Morgan fingerprint density at radius 1 is 0.769 bits per heavy atom. The van der Waals surface area contributed by atoms with E-state index in [9.17, 15) is 14.4 Å². The third kappa shape index (κ3) is 3.30. The molecule has 1 amide bonds. The molecule has 7 rings (SSSR count). The van der Waals surface area contributed by atoms with Crippen LogP contribution >= 0.6 is 11.6 Å². The minimum Gasteiger partial charge on any atom is -0.352 e. The van der Waals surface area contributed by atoms with E-state index >= 15 is 0 Å². The molecule has 5 nitrogen and oxygen atoms in total. The molecule has 1 N–H and O–H groups in total. The summed E-state index contributed by atoms with van der Waals surface area (Å²) in [5, 5.41) is 3.56. The Balaban J connectivity index is 1.54. The van der Waals surface area contributed by atoms with Crippen molar-refractivity contribution in [3.8, 4) is 0 Å². The number of rotatable bonds is 4. The molecule has 3 aliphatic heterocycles. The van der Waals surface area contributed by atoms with Gasteiger partial charge >= 0.3 is 0 Å². The van der Waals surface area contributed by atoms with Gasteiger partial charge in [-0.25, -0.2) is 0 Å². The van der Waals surface area contributed by atoms with Crippen molar-refractivity contribution in [2.45, 2.75) is 17.5 Å². The summed E-state index contributed by atoms with van der Waals surface area (Å²) in [4.78, 5) is 45.4. The van der Waals surface area contributed by atoms with Crippen LogP contribution in [0.25, 0.3) is 6.08 Å². The second kappa shape index (κ2) is 8.79. The van der Waals surface area contributed by atoms with Gasteiger partial charge < -0.3 is 10.2 Å². The summed E-state index contributed by atoms with van der Waals surface area (Å²) in [6, 6.07) is 29.5. The summed E-state index contributed by atoms with van der Waals surface area (Å²) in [6.07, 6.45) is 3.97. The summed E-state index contributed by atoms with van der Waals surface area (Å²) in [6.45, 7) is 0. The van der Waals surface area contributed by atoms with Crippen molar-refractivity contribution in [1.29, 1.82) is 0 Å². The largest absolute Gasteiger partial charge is 0.352 e. The van der Waals surface area contributed by atoms with Gasteiger partial charge in [-0.3, -0.25) is 14.4 Å². The van der Waals surface area contributed by atoms with Gasteiger partial charge in [0, 0.05) is 27.5 Å². The lowest BCUT2D eigenvalue weighted by Gasteiger charge is -2.37. The molecule has 1 spiro atoms. The molecular weight excluding hydrogens is 508 g/mol. The molecule has 0 radical (unpaired) electrons. The highest BCUT2D eigenvalue weighted by molar-refractivity contribution is 6.30. The molecule has 3 aliphatic rings. The lowest BCUT2D eigenvalue weighted by atomic mass is 9.64. The number of hydrogen-bond donors (Lipinski definition) is 1. The van der Waals surface area contributed by atoms with Crippen LogP contribution in [0.3, 0.4) is 0 Å². The van der Waals surface area contributed by atoms with Crippen molar-refractivity contribution in [3.05, 3.63) is 136 Å². The van der Waals surface area contributed by atoms with Crippen LogP contribution in [-0.2, 0) is 10.2 Å². The second-order valence-electron chi connectivity index (χ2n) is 10.2. The van der Waals surface area contributed by atoms with E-state index in [0.717, 1.165) is 16.8 Å². The highest BCUT2D eigenvalue weighted by Crippen LogP contribution is 2.58. The first-order valence-electron chi connectivity index (χ1n) is 12.9. The Hall–Kier alpha value is -4.48. The Morgan fingerprint density at radius 3 is 2.23 bits per heavy atom. The van der Waals surface area contributed by atoms with E-state index in [1.807, 2.05) is 71.6 Å².